The van der Waals surface area contributed by atoms with Gasteiger partial charge in [-0.1, -0.05) is 13.8 Å². The smallest absolute Gasteiger partial charge is 0.0795 e. The molecule has 0 spiro atoms. The maximum absolute atomic E-state index is 6.09. The molecular formula is C14H29NO2. The largest absolute Gasteiger partial charge is 0.377 e. The predicted molar refractivity (Wildman–Crippen MR) is 71.0 cm³/mol. The van der Waals surface area contributed by atoms with Gasteiger partial charge in [0.1, 0.15) is 0 Å². The molecule has 1 fully saturated rings. The minimum absolute atomic E-state index is 0.0674. The van der Waals surface area contributed by atoms with Gasteiger partial charge >= 0.3 is 0 Å². The second-order valence-corrected chi connectivity index (χ2v) is 6.14. The van der Waals surface area contributed by atoms with Crippen molar-refractivity contribution in [1.82, 2.24) is 0 Å². The number of hydrogen-bond acceptors (Lipinski definition) is 3. The van der Waals surface area contributed by atoms with Crippen LogP contribution in [0.1, 0.15) is 47.0 Å². The van der Waals surface area contributed by atoms with Crippen molar-refractivity contribution in [3.63, 3.8) is 0 Å². The fraction of sp³-hybridized carbons (Fsp3) is 1.00. The summed E-state index contributed by atoms with van der Waals surface area (Å²) in [6.45, 7) is 9.26. The molecule has 1 aliphatic rings. The van der Waals surface area contributed by atoms with Gasteiger partial charge in [-0.05, 0) is 44.9 Å². The third-order valence-electron chi connectivity index (χ3n) is 4.48. The molecule has 0 heterocycles. The normalized spacial score (nSPS) is 32.5. The van der Waals surface area contributed by atoms with Gasteiger partial charge in [0.2, 0.25) is 0 Å². The molecule has 4 atom stereocenters. The van der Waals surface area contributed by atoms with Gasteiger partial charge in [-0.15, -0.1) is 0 Å². The summed E-state index contributed by atoms with van der Waals surface area (Å²) in [6.07, 6.45) is 4.00. The number of hydrogen-bond donors (Lipinski definition) is 1. The van der Waals surface area contributed by atoms with Crippen LogP contribution in [0.25, 0.3) is 0 Å². The standard InChI is InChI=1S/C14H29NO2/c1-10-6-7-12(8-11(10)2)17-9-13(15)14(3,4)16-5/h10-13H,6-9,15H2,1-5H3. The molecule has 0 bridgehead atoms. The van der Waals surface area contributed by atoms with Crippen LogP contribution in [-0.2, 0) is 9.47 Å². The molecule has 0 aromatic rings. The van der Waals surface area contributed by atoms with E-state index in [1.807, 2.05) is 13.8 Å². The summed E-state index contributed by atoms with van der Waals surface area (Å²) in [5.74, 6) is 1.60. The minimum Gasteiger partial charge on any atom is -0.377 e. The fourth-order valence-corrected chi connectivity index (χ4v) is 2.24. The van der Waals surface area contributed by atoms with Crippen molar-refractivity contribution in [2.24, 2.45) is 17.6 Å². The van der Waals surface area contributed by atoms with Crippen LogP contribution in [0.3, 0.4) is 0 Å². The minimum atomic E-state index is -0.312. The average Bonchev–Trinajstić information content (AvgIpc) is 2.30. The molecule has 1 saturated carbocycles. The van der Waals surface area contributed by atoms with Crippen LogP contribution in [-0.4, -0.2) is 31.5 Å². The van der Waals surface area contributed by atoms with Crippen LogP contribution in [0.4, 0.5) is 0 Å². The van der Waals surface area contributed by atoms with Crippen molar-refractivity contribution in [2.75, 3.05) is 13.7 Å². The summed E-state index contributed by atoms with van der Waals surface area (Å²) >= 11 is 0. The SMILES string of the molecule is COC(C)(C)C(N)COC1CCC(C)C(C)C1. The number of rotatable bonds is 5. The Hall–Kier alpha value is -0.120. The van der Waals surface area contributed by atoms with E-state index in [1.165, 1.54) is 19.3 Å². The molecule has 17 heavy (non-hydrogen) atoms. The Bertz CT molecular complexity index is 230. The second-order valence-electron chi connectivity index (χ2n) is 6.14. The lowest BCUT2D eigenvalue weighted by Crippen LogP contribution is -2.48. The Labute approximate surface area is 106 Å². The van der Waals surface area contributed by atoms with Gasteiger partial charge in [-0.3, -0.25) is 0 Å². The van der Waals surface area contributed by atoms with Crippen molar-refractivity contribution >= 4 is 0 Å². The van der Waals surface area contributed by atoms with Crippen molar-refractivity contribution in [1.29, 1.82) is 0 Å². The highest BCUT2D eigenvalue weighted by Gasteiger charge is 2.29. The zero-order valence-electron chi connectivity index (χ0n) is 12.0. The monoisotopic (exact) mass is 243 g/mol. The highest BCUT2D eigenvalue weighted by Crippen LogP contribution is 2.31. The van der Waals surface area contributed by atoms with Crippen LogP contribution in [0.15, 0.2) is 0 Å². The predicted octanol–water partition coefficient (Wildman–Crippen LogP) is 2.58. The van der Waals surface area contributed by atoms with Crippen molar-refractivity contribution in [3.8, 4) is 0 Å². The third-order valence-corrected chi connectivity index (χ3v) is 4.48. The van der Waals surface area contributed by atoms with Gasteiger partial charge in [-0.2, -0.15) is 0 Å². The quantitative estimate of drug-likeness (QED) is 0.807. The van der Waals surface area contributed by atoms with Gasteiger partial charge in [0.15, 0.2) is 0 Å². The molecule has 3 nitrogen and oxygen atoms in total. The van der Waals surface area contributed by atoms with Crippen LogP contribution < -0.4 is 5.73 Å². The Balaban J connectivity index is 2.32. The maximum Gasteiger partial charge on any atom is 0.0795 e. The van der Waals surface area contributed by atoms with E-state index in [2.05, 4.69) is 13.8 Å². The topological polar surface area (TPSA) is 44.5 Å². The van der Waals surface area contributed by atoms with E-state index in [9.17, 15) is 0 Å². The molecule has 2 N–H and O–H groups in total. The number of nitrogens with two attached hydrogens (primary N) is 1. The number of ether oxygens (including phenoxy) is 2. The van der Waals surface area contributed by atoms with Gasteiger partial charge in [0, 0.05) is 7.11 Å². The molecule has 0 amide bonds. The lowest BCUT2D eigenvalue weighted by Gasteiger charge is -2.35. The first-order valence-electron chi connectivity index (χ1n) is 6.79. The Kier molecular flexibility index (Phi) is 5.42. The maximum atomic E-state index is 6.09. The van der Waals surface area contributed by atoms with Gasteiger partial charge in [0.05, 0.1) is 24.4 Å². The van der Waals surface area contributed by atoms with E-state index >= 15 is 0 Å². The molecule has 102 valence electrons. The van der Waals surface area contributed by atoms with E-state index in [0.717, 1.165) is 11.8 Å². The van der Waals surface area contributed by atoms with E-state index in [-0.39, 0.29) is 11.6 Å². The third kappa shape index (κ3) is 4.23. The van der Waals surface area contributed by atoms with E-state index in [0.29, 0.717) is 12.7 Å². The zero-order valence-corrected chi connectivity index (χ0v) is 12.0. The Morgan fingerprint density at radius 3 is 2.41 bits per heavy atom. The summed E-state index contributed by atoms with van der Waals surface area (Å²) in [5, 5.41) is 0. The molecule has 4 unspecified atom stereocenters. The summed E-state index contributed by atoms with van der Waals surface area (Å²) in [6, 6.07) is -0.0674. The molecule has 0 aromatic carbocycles. The zero-order chi connectivity index (χ0) is 13.1. The molecule has 1 aliphatic carbocycles. The summed E-state index contributed by atoms with van der Waals surface area (Å²) < 4.78 is 11.3. The first kappa shape index (κ1) is 14.9. The molecular weight excluding hydrogens is 214 g/mol. The highest BCUT2D eigenvalue weighted by atomic mass is 16.5. The highest BCUT2D eigenvalue weighted by molar-refractivity contribution is 4.83. The van der Waals surface area contributed by atoms with Crippen molar-refractivity contribution in [2.45, 2.75) is 64.7 Å². The van der Waals surface area contributed by atoms with Gasteiger partial charge < -0.3 is 15.2 Å². The summed E-state index contributed by atoms with van der Waals surface area (Å²) in [7, 11) is 1.70. The van der Waals surface area contributed by atoms with Crippen LogP contribution in [0.2, 0.25) is 0 Å². The van der Waals surface area contributed by atoms with Crippen LogP contribution >= 0.6 is 0 Å². The Morgan fingerprint density at radius 1 is 1.24 bits per heavy atom. The first-order chi connectivity index (χ1) is 7.86. The summed E-state index contributed by atoms with van der Waals surface area (Å²) in [5.41, 5.74) is 5.78. The van der Waals surface area contributed by atoms with Crippen molar-refractivity contribution < 1.29 is 9.47 Å². The summed E-state index contributed by atoms with van der Waals surface area (Å²) in [4.78, 5) is 0. The molecule has 3 heteroatoms. The lowest BCUT2D eigenvalue weighted by molar-refractivity contribution is -0.0567. The molecule has 0 saturated heterocycles. The van der Waals surface area contributed by atoms with Crippen molar-refractivity contribution in [3.05, 3.63) is 0 Å². The number of methoxy groups -OCH3 is 1. The molecule has 0 aromatic heterocycles. The second kappa shape index (κ2) is 6.17. The lowest BCUT2D eigenvalue weighted by atomic mass is 9.80. The first-order valence-corrected chi connectivity index (χ1v) is 6.79. The molecule has 0 radical (unpaired) electrons. The Morgan fingerprint density at radius 2 is 1.88 bits per heavy atom. The van der Waals surface area contributed by atoms with Gasteiger partial charge in [-0.25, -0.2) is 0 Å². The fourth-order valence-electron chi connectivity index (χ4n) is 2.24. The van der Waals surface area contributed by atoms with E-state index < -0.39 is 0 Å². The van der Waals surface area contributed by atoms with E-state index in [4.69, 9.17) is 15.2 Å². The van der Waals surface area contributed by atoms with Crippen LogP contribution in [0.5, 0.6) is 0 Å². The van der Waals surface area contributed by atoms with Gasteiger partial charge in [0.25, 0.3) is 0 Å². The molecule has 1 rings (SSSR count). The average molecular weight is 243 g/mol. The molecule has 0 aliphatic heterocycles. The van der Waals surface area contributed by atoms with E-state index in [1.54, 1.807) is 7.11 Å². The van der Waals surface area contributed by atoms with Crippen LogP contribution in [0, 0.1) is 11.8 Å².